The maximum absolute atomic E-state index is 12.2. The fraction of sp³-hybridized carbons (Fsp3) is 0.500. The number of anilines is 1. The number of hydrogen-bond donors (Lipinski definition) is 1. The van der Waals surface area contributed by atoms with Gasteiger partial charge in [0.2, 0.25) is 5.91 Å². The number of carbonyl (C=O) groups is 1. The van der Waals surface area contributed by atoms with Gasteiger partial charge in [0.1, 0.15) is 0 Å². The number of fused-ring (bicyclic) bond motifs is 1. The smallest absolute Gasteiger partial charge is 0.227 e. The highest BCUT2D eigenvalue weighted by molar-refractivity contribution is 5.97. The van der Waals surface area contributed by atoms with Crippen LogP contribution in [0, 0.1) is 0 Å². The minimum Gasteiger partial charge on any atom is -0.315 e. The van der Waals surface area contributed by atoms with Gasteiger partial charge in [-0.2, -0.15) is 0 Å². The molecular weight excluding hydrogens is 212 g/mol. The summed E-state index contributed by atoms with van der Waals surface area (Å²) in [4.78, 5) is 14.2. The fourth-order valence-corrected chi connectivity index (χ4v) is 2.91. The molecule has 90 valence electrons. The Bertz CT molecular complexity index is 424. The SMILES string of the molecule is O=C1CCc2ccccc2N1C1CCCNC1. The van der Waals surface area contributed by atoms with Crippen molar-refractivity contribution in [1.29, 1.82) is 0 Å². The summed E-state index contributed by atoms with van der Waals surface area (Å²) in [6, 6.07) is 8.66. The molecule has 1 fully saturated rings. The lowest BCUT2D eigenvalue weighted by molar-refractivity contribution is -0.119. The van der Waals surface area contributed by atoms with Crippen molar-refractivity contribution in [1.82, 2.24) is 5.32 Å². The second-order valence-electron chi connectivity index (χ2n) is 4.89. The zero-order chi connectivity index (χ0) is 11.7. The van der Waals surface area contributed by atoms with E-state index in [4.69, 9.17) is 0 Å². The molecule has 1 aromatic carbocycles. The van der Waals surface area contributed by atoms with Crippen molar-refractivity contribution in [3.8, 4) is 0 Å². The first-order chi connectivity index (χ1) is 8.36. The van der Waals surface area contributed by atoms with E-state index >= 15 is 0 Å². The highest BCUT2D eigenvalue weighted by Crippen LogP contribution is 2.30. The van der Waals surface area contributed by atoms with Crippen LogP contribution >= 0.6 is 0 Å². The Hall–Kier alpha value is -1.35. The van der Waals surface area contributed by atoms with Gasteiger partial charge in [0.05, 0.1) is 0 Å². The van der Waals surface area contributed by atoms with Crippen LogP contribution in [0.1, 0.15) is 24.8 Å². The summed E-state index contributed by atoms with van der Waals surface area (Å²) in [7, 11) is 0. The van der Waals surface area contributed by atoms with Gasteiger partial charge in [-0.3, -0.25) is 4.79 Å². The second-order valence-corrected chi connectivity index (χ2v) is 4.89. The molecule has 0 bridgehead atoms. The van der Waals surface area contributed by atoms with Crippen LogP contribution in [0.25, 0.3) is 0 Å². The monoisotopic (exact) mass is 230 g/mol. The Labute approximate surface area is 102 Å². The van der Waals surface area contributed by atoms with Gasteiger partial charge in [-0.25, -0.2) is 0 Å². The number of nitrogens with one attached hydrogen (secondary N) is 1. The molecule has 1 unspecified atom stereocenters. The lowest BCUT2D eigenvalue weighted by Gasteiger charge is -2.38. The number of piperidine rings is 1. The Balaban J connectivity index is 1.94. The first-order valence-corrected chi connectivity index (χ1v) is 6.47. The van der Waals surface area contributed by atoms with E-state index in [1.54, 1.807) is 0 Å². The summed E-state index contributed by atoms with van der Waals surface area (Å²) >= 11 is 0. The van der Waals surface area contributed by atoms with Gasteiger partial charge < -0.3 is 10.2 Å². The molecule has 2 aliphatic heterocycles. The third-order valence-corrected chi connectivity index (χ3v) is 3.76. The average molecular weight is 230 g/mol. The van der Waals surface area contributed by atoms with Gasteiger partial charge in [0.25, 0.3) is 0 Å². The van der Waals surface area contributed by atoms with E-state index in [9.17, 15) is 4.79 Å². The number of aryl methyl sites for hydroxylation is 1. The standard InChI is InChI=1S/C14H18N2O/c17-14-8-7-11-4-1-2-6-13(11)16(14)12-5-3-9-15-10-12/h1-2,4,6,12,15H,3,5,7-10H2. The average Bonchev–Trinajstić information content (AvgIpc) is 2.39. The molecule has 3 nitrogen and oxygen atoms in total. The summed E-state index contributed by atoms with van der Waals surface area (Å²) < 4.78 is 0. The first kappa shape index (κ1) is 10.8. The van der Waals surface area contributed by atoms with E-state index in [-0.39, 0.29) is 5.91 Å². The molecular formula is C14H18N2O. The highest BCUT2D eigenvalue weighted by Gasteiger charge is 2.30. The van der Waals surface area contributed by atoms with E-state index in [1.807, 2.05) is 11.0 Å². The molecule has 1 N–H and O–H groups in total. The molecule has 0 aromatic heterocycles. The predicted octanol–water partition coefficient (Wildman–Crippen LogP) is 1.72. The van der Waals surface area contributed by atoms with Crippen molar-refractivity contribution in [2.45, 2.75) is 31.7 Å². The summed E-state index contributed by atoms with van der Waals surface area (Å²) in [5.74, 6) is 0.289. The molecule has 3 heteroatoms. The predicted molar refractivity (Wildman–Crippen MR) is 68.1 cm³/mol. The van der Waals surface area contributed by atoms with Crippen molar-refractivity contribution >= 4 is 11.6 Å². The van der Waals surface area contributed by atoms with E-state index < -0.39 is 0 Å². The molecule has 0 spiro atoms. The van der Waals surface area contributed by atoms with Crippen molar-refractivity contribution < 1.29 is 4.79 Å². The number of carbonyl (C=O) groups excluding carboxylic acids is 1. The number of rotatable bonds is 1. The van der Waals surface area contributed by atoms with Gasteiger partial charge in [-0.05, 0) is 37.4 Å². The van der Waals surface area contributed by atoms with Crippen molar-refractivity contribution in [2.75, 3.05) is 18.0 Å². The van der Waals surface area contributed by atoms with Gasteiger partial charge in [-0.15, -0.1) is 0 Å². The highest BCUT2D eigenvalue weighted by atomic mass is 16.2. The number of benzene rings is 1. The Morgan fingerprint density at radius 1 is 1.24 bits per heavy atom. The van der Waals surface area contributed by atoms with Crippen LogP contribution < -0.4 is 10.2 Å². The van der Waals surface area contributed by atoms with E-state index in [1.165, 1.54) is 5.56 Å². The summed E-state index contributed by atoms with van der Waals surface area (Å²) in [6.45, 7) is 2.01. The van der Waals surface area contributed by atoms with E-state index in [0.29, 0.717) is 12.5 Å². The Morgan fingerprint density at radius 3 is 2.94 bits per heavy atom. The molecule has 2 aliphatic rings. The van der Waals surface area contributed by atoms with Gasteiger partial charge in [0, 0.05) is 24.7 Å². The van der Waals surface area contributed by atoms with Crippen LogP contribution in [0.15, 0.2) is 24.3 Å². The van der Waals surface area contributed by atoms with Crippen LogP contribution in [-0.4, -0.2) is 25.0 Å². The molecule has 2 heterocycles. The van der Waals surface area contributed by atoms with Crippen LogP contribution in [0.4, 0.5) is 5.69 Å². The molecule has 1 amide bonds. The van der Waals surface area contributed by atoms with Gasteiger partial charge in [0.15, 0.2) is 0 Å². The lowest BCUT2D eigenvalue weighted by Crippen LogP contribution is -2.50. The molecule has 0 saturated carbocycles. The second kappa shape index (κ2) is 4.49. The van der Waals surface area contributed by atoms with Crippen molar-refractivity contribution in [2.24, 2.45) is 0 Å². The van der Waals surface area contributed by atoms with Crippen molar-refractivity contribution in [3.05, 3.63) is 29.8 Å². The molecule has 3 rings (SSSR count). The van der Waals surface area contributed by atoms with Crippen molar-refractivity contribution in [3.63, 3.8) is 0 Å². The normalized spacial score (nSPS) is 24.6. The zero-order valence-electron chi connectivity index (χ0n) is 9.98. The maximum atomic E-state index is 12.2. The first-order valence-electron chi connectivity index (χ1n) is 6.47. The number of amides is 1. The fourth-order valence-electron chi connectivity index (χ4n) is 2.91. The van der Waals surface area contributed by atoms with Crippen LogP contribution in [-0.2, 0) is 11.2 Å². The Morgan fingerprint density at radius 2 is 2.12 bits per heavy atom. The quantitative estimate of drug-likeness (QED) is 0.796. The lowest BCUT2D eigenvalue weighted by atomic mass is 9.96. The summed E-state index contributed by atoms with van der Waals surface area (Å²) in [5.41, 5.74) is 2.45. The maximum Gasteiger partial charge on any atom is 0.227 e. The van der Waals surface area contributed by atoms with Gasteiger partial charge in [-0.1, -0.05) is 18.2 Å². The molecule has 0 radical (unpaired) electrons. The largest absolute Gasteiger partial charge is 0.315 e. The van der Waals surface area contributed by atoms with Crippen LogP contribution in [0.3, 0.4) is 0 Å². The van der Waals surface area contributed by atoms with E-state index in [2.05, 4.69) is 23.5 Å². The molecule has 1 saturated heterocycles. The van der Waals surface area contributed by atoms with Crippen LogP contribution in [0.5, 0.6) is 0 Å². The number of nitrogens with zero attached hydrogens (tertiary/aromatic N) is 1. The summed E-state index contributed by atoms with van der Waals surface area (Å²) in [5, 5.41) is 3.39. The molecule has 0 aliphatic carbocycles. The third kappa shape index (κ3) is 1.95. The molecule has 1 aromatic rings. The molecule has 1 atom stereocenters. The molecule has 17 heavy (non-hydrogen) atoms. The zero-order valence-corrected chi connectivity index (χ0v) is 9.98. The summed E-state index contributed by atoms with van der Waals surface area (Å²) in [6.07, 6.45) is 3.84. The Kier molecular flexibility index (Phi) is 2.85. The number of hydrogen-bond acceptors (Lipinski definition) is 2. The topological polar surface area (TPSA) is 32.3 Å². The third-order valence-electron chi connectivity index (χ3n) is 3.76. The van der Waals surface area contributed by atoms with E-state index in [0.717, 1.165) is 38.0 Å². The number of para-hydroxylation sites is 1. The minimum atomic E-state index is 0.289. The minimum absolute atomic E-state index is 0.289. The van der Waals surface area contributed by atoms with Crippen LogP contribution in [0.2, 0.25) is 0 Å². The van der Waals surface area contributed by atoms with Gasteiger partial charge >= 0.3 is 0 Å².